The Balaban J connectivity index is 1.07. The second-order valence-electron chi connectivity index (χ2n) is 20.3. The van der Waals surface area contributed by atoms with Gasteiger partial charge in [-0.15, -0.1) is 0 Å². The summed E-state index contributed by atoms with van der Waals surface area (Å²) in [5.74, 6) is 0. The summed E-state index contributed by atoms with van der Waals surface area (Å²) in [6.45, 7) is -0.132. The first-order valence-corrected chi connectivity index (χ1v) is 28.7. The van der Waals surface area contributed by atoms with Crippen LogP contribution in [-0.4, -0.2) is 19.4 Å². The van der Waals surface area contributed by atoms with Crippen LogP contribution in [0.5, 0.6) is 0 Å². The summed E-state index contributed by atoms with van der Waals surface area (Å²) in [4.78, 5) is 5.16. The summed E-state index contributed by atoms with van der Waals surface area (Å²) in [6.07, 6.45) is 0. The van der Waals surface area contributed by atoms with Crippen molar-refractivity contribution in [1.82, 2.24) is 4.57 Å². The Morgan fingerprint density at radius 3 is 1.22 bits per heavy atom. The molecule has 2 aliphatic heterocycles. The van der Waals surface area contributed by atoms with Gasteiger partial charge in [-0.1, -0.05) is 249 Å². The number of hydrogen-bond donors (Lipinski definition) is 0. The van der Waals surface area contributed by atoms with Gasteiger partial charge >= 0.3 is 0 Å². The average Bonchev–Trinajstić information content (AvgIpc) is 3.87. The van der Waals surface area contributed by atoms with Crippen LogP contribution >= 0.6 is 0 Å². The van der Waals surface area contributed by atoms with E-state index in [1.54, 1.807) is 0 Å². The second-order valence-corrected chi connectivity index (χ2v) is 24.1. The molecule has 0 N–H and O–H groups in total. The van der Waals surface area contributed by atoms with Crippen molar-refractivity contribution in [1.29, 1.82) is 0 Å². The van der Waals surface area contributed by atoms with Crippen molar-refractivity contribution in [3.8, 4) is 27.9 Å². The van der Waals surface area contributed by atoms with E-state index in [9.17, 15) is 0 Å². The molecule has 15 rings (SSSR count). The van der Waals surface area contributed by atoms with Gasteiger partial charge in [0.15, 0.2) is 8.07 Å². The fourth-order valence-corrected chi connectivity index (χ4v) is 17.9. The Morgan fingerprint density at radius 2 is 0.701 bits per heavy atom. The van der Waals surface area contributed by atoms with Crippen LogP contribution in [-0.2, 0) is 0 Å². The summed E-state index contributed by atoms with van der Waals surface area (Å²) in [5, 5.41) is 7.89. The van der Waals surface area contributed by atoms with E-state index in [0.717, 1.165) is 22.7 Å². The SMILES string of the molecule is c1ccc(-c2ccccc2N2c3ccc([Si](c4ccccc4)(c4ccccc4)c4ccccc4)cc3B3c4ccc(-n5c6ccccc6c6ccccc65)cc4N(c4ccccc4-c4ccccc4)c4cccc2c43)cc1. The Bertz CT molecular complexity index is 4200. The van der Waals surface area contributed by atoms with E-state index in [2.05, 4.69) is 318 Å². The number of para-hydroxylation sites is 4. The van der Waals surface area contributed by atoms with Crippen molar-refractivity contribution in [2.24, 2.45) is 0 Å². The molecule has 0 spiro atoms. The van der Waals surface area contributed by atoms with Crippen LogP contribution in [0.15, 0.2) is 303 Å². The molecular weight excluding hydrogens is 946 g/mol. The number of anilines is 6. The molecule has 5 heteroatoms. The van der Waals surface area contributed by atoms with Crippen LogP contribution in [0.25, 0.3) is 49.7 Å². The van der Waals surface area contributed by atoms with Crippen LogP contribution in [0.3, 0.4) is 0 Å². The van der Waals surface area contributed by atoms with E-state index >= 15 is 0 Å². The van der Waals surface area contributed by atoms with Crippen molar-refractivity contribution >= 4 is 108 Å². The van der Waals surface area contributed by atoms with Gasteiger partial charge in [-0.05, 0) is 103 Å². The molecule has 1 aromatic heterocycles. The molecule has 0 aliphatic carbocycles. The molecule has 0 saturated carbocycles. The maximum Gasteiger partial charge on any atom is 0.252 e. The van der Waals surface area contributed by atoms with Crippen LogP contribution in [0.1, 0.15) is 0 Å². The number of aromatic nitrogens is 1. The largest absolute Gasteiger partial charge is 0.311 e. The monoisotopic (exact) mass is 995 g/mol. The van der Waals surface area contributed by atoms with Crippen LogP contribution in [0.4, 0.5) is 34.1 Å². The molecule has 0 atom stereocenters. The zero-order valence-electron chi connectivity index (χ0n) is 42.3. The predicted molar refractivity (Wildman–Crippen MR) is 329 cm³/mol. The topological polar surface area (TPSA) is 11.4 Å². The molecule has 0 bridgehead atoms. The van der Waals surface area contributed by atoms with Gasteiger partial charge in [-0.2, -0.15) is 0 Å². The minimum Gasteiger partial charge on any atom is -0.311 e. The van der Waals surface area contributed by atoms with Gasteiger partial charge in [-0.25, -0.2) is 0 Å². The van der Waals surface area contributed by atoms with E-state index in [1.165, 1.54) is 98.3 Å². The number of rotatable bonds is 9. The Morgan fingerprint density at radius 1 is 0.273 bits per heavy atom. The van der Waals surface area contributed by atoms with Crippen LogP contribution in [0, 0.1) is 0 Å². The van der Waals surface area contributed by atoms with Crippen LogP contribution < -0.4 is 46.9 Å². The average molecular weight is 996 g/mol. The fourth-order valence-electron chi connectivity index (χ4n) is 13.1. The van der Waals surface area contributed by atoms with Gasteiger partial charge in [-0.3, -0.25) is 0 Å². The minimum atomic E-state index is -2.99. The highest BCUT2D eigenvalue weighted by Crippen LogP contribution is 2.48. The molecule has 360 valence electrons. The lowest BCUT2D eigenvalue weighted by molar-refractivity contribution is 1.17. The third-order valence-corrected chi connectivity index (χ3v) is 21.1. The summed E-state index contributed by atoms with van der Waals surface area (Å²) in [6, 6.07) is 113. The minimum absolute atomic E-state index is 0.132. The number of fused-ring (bicyclic) bond motifs is 7. The second kappa shape index (κ2) is 18.3. The summed E-state index contributed by atoms with van der Waals surface area (Å²) in [5.41, 5.74) is 19.0. The molecule has 77 heavy (non-hydrogen) atoms. The molecule has 3 nitrogen and oxygen atoms in total. The maximum atomic E-state index is 2.63. The third-order valence-electron chi connectivity index (χ3n) is 16.3. The van der Waals surface area contributed by atoms with Crippen LogP contribution in [0.2, 0.25) is 0 Å². The lowest BCUT2D eigenvalue weighted by Gasteiger charge is -2.45. The Labute approximate surface area is 450 Å². The van der Waals surface area contributed by atoms with Crippen molar-refractivity contribution in [3.05, 3.63) is 303 Å². The molecule has 13 aromatic rings. The summed E-state index contributed by atoms with van der Waals surface area (Å²) in [7, 11) is -2.99. The lowest BCUT2D eigenvalue weighted by Crippen LogP contribution is -2.75. The smallest absolute Gasteiger partial charge is 0.252 e. The zero-order valence-corrected chi connectivity index (χ0v) is 43.3. The number of hydrogen-bond acceptors (Lipinski definition) is 2. The Hall–Kier alpha value is -9.68. The van der Waals surface area contributed by atoms with E-state index in [4.69, 9.17) is 0 Å². The highest BCUT2D eigenvalue weighted by Gasteiger charge is 2.47. The van der Waals surface area contributed by atoms with Gasteiger partial charge in [0.25, 0.3) is 6.71 Å². The lowest BCUT2D eigenvalue weighted by atomic mass is 9.33. The van der Waals surface area contributed by atoms with Crippen molar-refractivity contribution in [2.45, 2.75) is 0 Å². The normalized spacial score (nSPS) is 12.6. The molecule has 12 aromatic carbocycles. The first kappa shape index (κ1) is 44.8. The van der Waals surface area contributed by atoms with Gasteiger partial charge in [0.1, 0.15) is 0 Å². The molecule has 0 unspecified atom stereocenters. The van der Waals surface area contributed by atoms with Gasteiger partial charge in [0.05, 0.1) is 22.4 Å². The first-order chi connectivity index (χ1) is 38.3. The maximum absolute atomic E-state index is 2.99. The molecular formula is C72H50BN3Si. The molecule has 2 aliphatic rings. The first-order valence-electron chi connectivity index (χ1n) is 26.7. The van der Waals surface area contributed by atoms with Crippen molar-refractivity contribution in [2.75, 3.05) is 9.80 Å². The van der Waals surface area contributed by atoms with E-state index in [1.807, 2.05) is 0 Å². The van der Waals surface area contributed by atoms with E-state index in [-0.39, 0.29) is 6.71 Å². The van der Waals surface area contributed by atoms with Crippen molar-refractivity contribution < 1.29 is 0 Å². The highest BCUT2D eigenvalue weighted by molar-refractivity contribution is 7.20. The van der Waals surface area contributed by atoms with E-state index in [0.29, 0.717) is 0 Å². The van der Waals surface area contributed by atoms with Crippen molar-refractivity contribution in [3.63, 3.8) is 0 Å². The number of benzene rings is 12. The molecule has 3 heterocycles. The number of nitrogens with zero attached hydrogens (tertiary/aromatic N) is 3. The molecule has 0 fully saturated rings. The predicted octanol–water partition coefficient (Wildman–Crippen LogP) is 13.6. The quantitative estimate of drug-likeness (QED) is 0.105. The van der Waals surface area contributed by atoms with Gasteiger partial charge < -0.3 is 14.4 Å². The molecule has 0 amide bonds. The van der Waals surface area contributed by atoms with Gasteiger partial charge in [0, 0.05) is 50.3 Å². The highest BCUT2D eigenvalue weighted by atomic mass is 28.3. The standard InChI is InChI=1S/C72H50BN3Si/c1-6-25-51(26-7-1)58-35-16-20-39-64(58)75-68-48-46-57(77(54-29-10-3-11-30-54,55-31-12-4-13-32-55)56-33-14-5-15-34-56)50-63(68)73-62-47-45-53(74-66-41-22-18-37-60(66)61-38-19-23-42-67(61)74)49-71(62)76(70-44-24-43-69(75)72(70)73)65-40-21-17-36-59(65)52-27-8-2-9-28-52/h1-50H. The third kappa shape index (κ3) is 6.98. The molecule has 0 radical (unpaired) electrons. The summed E-state index contributed by atoms with van der Waals surface area (Å²) < 4.78 is 2.47. The Kier molecular flexibility index (Phi) is 10.6. The van der Waals surface area contributed by atoms with E-state index < -0.39 is 8.07 Å². The molecule has 0 saturated heterocycles. The zero-order chi connectivity index (χ0) is 50.9. The van der Waals surface area contributed by atoms with Gasteiger partial charge in [0.2, 0.25) is 0 Å². The summed E-state index contributed by atoms with van der Waals surface area (Å²) >= 11 is 0. The fraction of sp³-hybridized carbons (Fsp3) is 0.